The fourth-order valence-electron chi connectivity index (χ4n) is 1.61. The topological polar surface area (TPSA) is 15.3 Å². The summed E-state index contributed by atoms with van der Waals surface area (Å²) >= 11 is 7.34. The van der Waals surface area contributed by atoms with Crippen LogP contribution in [0.2, 0.25) is 0 Å². The first-order valence-corrected chi connectivity index (χ1v) is 6.16. The van der Waals surface area contributed by atoms with E-state index in [2.05, 4.69) is 42.7 Å². The number of thiocarbonyl (C=S) groups is 1. The number of hydrogen-bond donors (Lipinski definition) is 1. The lowest BCUT2D eigenvalue weighted by molar-refractivity contribution is 0.404. The average Bonchev–Trinajstić information content (AvgIpc) is 2.03. The molecule has 13 heavy (non-hydrogen) atoms. The van der Waals surface area contributed by atoms with Crippen LogP contribution in [0.1, 0.15) is 20.8 Å². The third-order valence-electron chi connectivity index (χ3n) is 2.03. The van der Waals surface area contributed by atoms with Crippen molar-refractivity contribution in [2.45, 2.75) is 31.3 Å². The molecule has 2 nitrogen and oxygen atoms in total. The van der Waals surface area contributed by atoms with Gasteiger partial charge in [-0.05, 0) is 19.1 Å². The molecule has 0 bridgehead atoms. The molecule has 1 heterocycles. The Morgan fingerprint density at radius 3 is 2.46 bits per heavy atom. The van der Waals surface area contributed by atoms with Gasteiger partial charge in [0, 0.05) is 30.1 Å². The first kappa shape index (κ1) is 11.1. The molecular formula is C9H18N2S2. The summed E-state index contributed by atoms with van der Waals surface area (Å²) < 4.78 is 0. The summed E-state index contributed by atoms with van der Waals surface area (Å²) in [5.41, 5.74) is 0. The maximum absolute atomic E-state index is 5.28. The Balaban J connectivity index is 2.45. The molecule has 1 aliphatic rings. The fraction of sp³-hybridized carbons (Fsp3) is 0.889. The first-order valence-electron chi connectivity index (χ1n) is 4.81. The summed E-state index contributed by atoms with van der Waals surface area (Å²) in [6.45, 7) is 9.70. The van der Waals surface area contributed by atoms with Crippen molar-refractivity contribution in [3.63, 3.8) is 0 Å². The highest BCUT2D eigenvalue weighted by Gasteiger charge is 2.23. The molecule has 0 aromatic carbocycles. The van der Waals surface area contributed by atoms with Crippen molar-refractivity contribution >= 4 is 29.1 Å². The summed E-state index contributed by atoms with van der Waals surface area (Å²) in [5, 5.41) is 5.51. The molecule has 1 rings (SSSR count). The molecule has 1 saturated heterocycles. The van der Waals surface area contributed by atoms with E-state index in [1.165, 1.54) is 0 Å². The molecule has 76 valence electrons. The van der Waals surface area contributed by atoms with Crippen LogP contribution in [0.4, 0.5) is 0 Å². The Bertz CT molecular complexity index is 174. The second-order valence-electron chi connectivity index (χ2n) is 3.50. The molecule has 0 saturated carbocycles. The van der Waals surface area contributed by atoms with Crippen molar-refractivity contribution in [3.8, 4) is 0 Å². The van der Waals surface area contributed by atoms with Crippen molar-refractivity contribution in [2.24, 2.45) is 0 Å². The third kappa shape index (κ3) is 3.35. The minimum absolute atomic E-state index is 0.695. The standard InChI is InChI=1S/C9H18N2S2/c1-4-10-9(12)11-5-7(2)13-8(3)6-11/h7-8H,4-6H2,1-3H3,(H,10,12). The Morgan fingerprint density at radius 2 is 2.00 bits per heavy atom. The molecule has 0 radical (unpaired) electrons. The average molecular weight is 218 g/mol. The smallest absolute Gasteiger partial charge is 0.168 e. The van der Waals surface area contributed by atoms with E-state index in [0.29, 0.717) is 10.5 Å². The number of hydrogen-bond acceptors (Lipinski definition) is 2. The van der Waals surface area contributed by atoms with Gasteiger partial charge >= 0.3 is 0 Å². The molecule has 1 N–H and O–H groups in total. The van der Waals surface area contributed by atoms with E-state index in [4.69, 9.17) is 12.2 Å². The van der Waals surface area contributed by atoms with Crippen LogP contribution in [0.25, 0.3) is 0 Å². The number of nitrogens with one attached hydrogen (secondary N) is 1. The third-order valence-corrected chi connectivity index (χ3v) is 3.66. The maximum Gasteiger partial charge on any atom is 0.168 e. The van der Waals surface area contributed by atoms with Crippen LogP contribution < -0.4 is 5.32 Å². The van der Waals surface area contributed by atoms with E-state index in [1.807, 2.05) is 0 Å². The van der Waals surface area contributed by atoms with Crippen molar-refractivity contribution < 1.29 is 0 Å². The highest BCUT2D eigenvalue weighted by Crippen LogP contribution is 2.24. The van der Waals surface area contributed by atoms with E-state index in [9.17, 15) is 0 Å². The highest BCUT2D eigenvalue weighted by atomic mass is 32.2. The van der Waals surface area contributed by atoms with Gasteiger partial charge in [0.15, 0.2) is 5.11 Å². The van der Waals surface area contributed by atoms with Gasteiger partial charge in [0.05, 0.1) is 0 Å². The summed E-state index contributed by atoms with van der Waals surface area (Å²) in [7, 11) is 0. The molecule has 0 amide bonds. The van der Waals surface area contributed by atoms with Gasteiger partial charge in [0.25, 0.3) is 0 Å². The van der Waals surface area contributed by atoms with Crippen LogP contribution in [0.3, 0.4) is 0 Å². The Hall–Kier alpha value is 0.0400. The quantitative estimate of drug-likeness (QED) is 0.674. The van der Waals surface area contributed by atoms with Crippen molar-refractivity contribution in [1.82, 2.24) is 10.2 Å². The second kappa shape index (κ2) is 5.05. The molecule has 0 aromatic heterocycles. The van der Waals surface area contributed by atoms with Crippen LogP contribution >= 0.6 is 24.0 Å². The van der Waals surface area contributed by atoms with Crippen LogP contribution in [-0.2, 0) is 0 Å². The second-order valence-corrected chi connectivity index (χ2v) is 5.77. The zero-order chi connectivity index (χ0) is 9.84. The van der Waals surface area contributed by atoms with Gasteiger partial charge in [-0.1, -0.05) is 13.8 Å². The molecule has 0 aromatic rings. The molecule has 1 aliphatic heterocycles. The van der Waals surface area contributed by atoms with Gasteiger partial charge in [0.1, 0.15) is 0 Å². The van der Waals surface area contributed by atoms with Gasteiger partial charge in [0.2, 0.25) is 0 Å². The van der Waals surface area contributed by atoms with Crippen LogP contribution in [0.5, 0.6) is 0 Å². The molecule has 1 fully saturated rings. The van der Waals surface area contributed by atoms with Gasteiger partial charge in [-0.25, -0.2) is 0 Å². The normalized spacial score (nSPS) is 28.7. The van der Waals surface area contributed by atoms with Crippen LogP contribution in [0.15, 0.2) is 0 Å². The van der Waals surface area contributed by atoms with Crippen LogP contribution in [0, 0.1) is 0 Å². The number of rotatable bonds is 1. The van der Waals surface area contributed by atoms with E-state index >= 15 is 0 Å². The predicted octanol–water partition coefficient (Wildman–Crippen LogP) is 1.71. The van der Waals surface area contributed by atoms with Gasteiger partial charge in [-0.3, -0.25) is 0 Å². The molecule has 2 unspecified atom stereocenters. The summed E-state index contributed by atoms with van der Waals surface area (Å²) in [4.78, 5) is 2.28. The number of nitrogens with zero attached hydrogens (tertiary/aromatic N) is 1. The van der Waals surface area contributed by atoms with E-state index in [-0.39, 0.29) is 0 Å². The van der Waals surface area contributed by atoms with Crippen molar-refractivity contribution in [1.29, 1.82) is 0 Å². The largest absolute Gasteiger partial charge is 0.363 e. The van der Waals surface area contributed by atoms with E-state index in [1.54, 1.807) is 0 Å². The van der Waals surface area contributed by atoms with Gasteiger partial charge in [-0.2, -0.15) is 11.8 Å². The zero-order valence-electron chi connectivity index (χ0n) is 8.54. The molecule has 0 spiro atoms. The Kier molecular flexibility index (Phi) is 4.32. The fourth-order valence-corrected chi connectivity index (χ4v) is 3.23. The SMILES string of the molecule is CCNC(=S)N1CC(C)SC(C)C1. The predicted molar refractivity (Wildman–Crippen MR) is 64.4 cm³/mol. The zero-order valence-corrected chi connectivity index (χ0v) is 10.2. The lowest BCUT2D eigenvalue weighted by Crippen LogP contribution is -2.48. The molecule has 0 aliphatic carbocycles. The Labute approximate surface area is 90.4 Å². The van der Waals surface area contributed by atoms with Crippen molar-refractivity contribution in [3.05, 3.63) is 0 Å². The summed E-state index contributed by atoms with van der Waals surface area (Å²) in [5.74, 6) is 0. The monoisotopic (exact) mass is 218 g/mol. The van der Waals surface area contributed by atoms with Gasteiger partial charge in [-0.15, -0.1) is 0 Å². The molecule has 2 atom stereocenters. The molecular weight excluding hydrogens is 200 g/mol. The maximum atomic E-state index is 5.28. The summed E-state index contributed by atoms with van der Waals surface area (Å²) in [6, 6.07) is 0. The minimum Gasteiger partial charge on any atom is -0.363 e. The van der Waals surface area contributed by atoms with Crippen molar-refractivity contribution in [2.75, 3.05) is 19.6 Å². The Morgan fingerprint density at radius 1 is 1.46 bits per heavy atom. The van der Waals surface area contributed by atoms with Gasteiger partial charge < -0.3 is 10.2 Å². The lowest BCUT2D eigenvalue weighted by Gasteiger charge is -2.36. The minimum atomic E-state index is 0.695. The van der Waals surface area contributed by atoms with E-state index in [0.717, 1.165) is 24.7 Å². The number of thioether (sulfide) groups is 1. The highest BCUT2D eigenvalue weighted by molar-refractivity contribution is 8.00. The van der Waals surface area contributed by atoms with Crippen LogP contribution in [-0.4, -0.2) is 40.1 Å². The van der Waals surface area contributed by atoms with E-state index < -0.39 is 0 Å². The first-order chi connectivity index (χ1) is 6.13. The lowest BCUT2D eigenvalue weighted by atomic mass is 10.3. The summed E-state index contributed by atoms with van der Waals surface area (Å²) in [6.07, 6.45) is 0. The molecule has 4 heteroatoms.